The summed E-state index contributed by atoms with van der Waals surface area (Å²) in [5, 5.41) is 0.632. The minimum Gasteiger partial charge on any atom is -0.353 e. The van der Waals surface area contributed by atoms with Crippen LogP contribution in [0.15, 0.2) is 53.7 Å². The van der Waals surface area contributed by atoms with Crippen LogP contribution in [0.1, 0.15) is 5.56 Å². The van der Waals surface area contributed by atoms with E-state index in [-0.39, 0.29) is 5.82 Å². The van der Waals surface area contributed by atoms with Crippen LogP contribution in [-0.4, -0.2) is 48.9 Å². The van der Waals surface area contributed by atoms with Gasteiger partial charge in [0.1, 0.15) is 18.0 Å². The second kappa shape index (κ2) is 6.86. The number of hydrogen-bond donors (Lipinski definition) is 0. The Labute approximate surface area is 157 Å². The maximum absolute atomic E-state index is 13.7. The van der Waals surface area contributed by atoms with Crippen molar-refractivity contribution in [2.45, 2.75) is 11.8 Å². The predicted molar refractivity (Wildman–Crippen MR) is 102 cm³/mol. The van der Waals surface area contributed by atoms with Gasteiger partial charge < -0.3 is 4.90 Å². The Kier molecular flexibility index (Phi) is 4.53. The lowest BCUT2D eigenvalue weighted by atomic mass is 10.2. The molecule has 1 aromatic heterocycles. The van der Waals surface area contributed by atoms with Gasteiger partial charge in [0, 0.05) is 31.6 Å². The summed E-state index contributed by atoms with van der Waals surface area (Å²) in [4.78, 5) is 10.8. The summed E-state index contributed by atoms with van der Waals surface area (Å²) >= 11 is 0. The van der Waals surface area contributed by atoms with Gasteiger partial charge in [-0.05, 0) is 37.3 Å². The fourth-order valence-electron chi connectivity index (χ4n) is 3.27. The number of anilines is 1. The van der Waals surface area contributed by atoms with Crippen LogP contribution >= 0.6 is 0 Å². The topological polar surface area (TPSA) is 66.4 Å². The molecule has 3 aromatic rings. The van der Waals surface area contributed by atoms with E-state index in [0.717, 1.165) is 5.56 Å². The molecule has 2 aromatic carbocycles. The van der Waals surface area contributed by atoms with E-state index in [2.05, 4.69) is 9.97 Å². The highest BCUT2D eigenvalue weighted by Crippen LogP contribution is 2.26. The maximum atomic E-state index is 13.7. The molecule has 1 saturated heterocycles. The number of fused-ring (bicyclic) bond motifs is 1. The number of nitrogens with zero attached hydrogens (tertiary/aromatic N) is 4. The first-order valence-corrected chi connectivity index (χ1v) is 10.1. The molecule has 0 radical (unpaired) electrons. The number of aromatic nitrogens is 2. The summed E-state index contributed by atoms with van der Waals surface area (Å²) in [5.41, 5.74) is 1.68. The van der Waals surface area contributed by atoms with Crippen LogP contribution in [0.5, 0.6) is 0 Å². The van der Waals surface area contributed by atoms with Gasteiger partial charge in [-0.25, -0.2) is 22.8 Å². The summed E-state index contributed by atoms with van der Waals surface area (Å²) in [6, 6.07) is 11.3. The quantitative estimate of drug-likeness (QED) is 0.692. The van der Waals surface area contributed by atoms with E-state index in [0.29, 0.717) is 47.8 Å². The number of aryl methyl sites for hydroxylation is 1. The summed E-state index contributed by atoms with van der Waals surface area (Å²) in [5.74, 6) is 0.283. The van der Waals surface area contributed by atoms with E-state index in [1.807, 2.05) is 11.8 Å². The molecule has 0 unspecified atom stereocenters. The zero-order chi connectivity index (χ0) is 19.0. The number of benzene rings is 2. The van der Waals surface area contributed by atoms with Crippen LogP contribution in [0.2, 0.25) is 0 Å². The zero-order valence-electron chi connectivity index (χ0n) is 14.8. The monoisotopic (exact) mass is 386 g/mol. The van der Waals surface area contributed by atoms with E-state index < -0.39 is 10.0 Å². The van der Waals surface area contributed by atoms with Crippen molar-refractivity contribution in [1.82, 2.24) is 14.3 Å². The van der Waals surface area contributed by atoms with Crippen molar-refractivity contribution in [3.63, 3.8) is 0 Å². The molecular formula is C19H19FN4O2S. The van der Waals surface area contributed by atoms with Crippen molar-refractivity contribution in [3.05, 3.63) is 60.2 Å². The van der Waals surface area contributed by atoms with Crippen LogP contribution < -0.4 is 4.90 Å². The average molecular weight is 386 g/mol. The molecule has 0 aliphatic carbocycles. The molecule has 4 rings (SSSR count). The van der Waals surface area contributed by atoms with E-state index >= 15 is 0 Å². The summed E-state index contributed by atoms with van der Waals surface area (Å²) in [6.45, 7) is 3.57. The summed E-state index contributed by atoms with van der Waals surface area (Å²) < 4.78 is 40.8. The Morgan fingerprint density at radius 1 is 0.963 bits per heavy atom. The van der Waals surface area contributed by atoms with Crippen molar-refractivity contribution in [2.24, 2.45) is 0 Å². The van der Waals surface area contributed by atoms with E-state index in [9.17, 15) is 12.8 Å². The fraction of sp³-hybridized carbons (Fsp3) is 0.263. The van der Waals surface area contributed by atoms with Gasteiger partial charge in [-0.1, -0.05) is 17.7 Å². The van der Waals surface area contributed by atoms with E-state index in [4.69, 9.17) is 0 Å². The van der Waals surface area contributed by atoms with Gasteiger partial charge in [-0.2, -0.15) is 4.31 Å². The van der Waals surface area contributed by atoms with Gasteiger partial charge in [-0.3, -0.25) is 0 Å². The molecule has 0 spiro atoms. The van der Waals surface area contributed by atoms with Crippen molar-refractivity contribution in [2.75, 3.05) is 31.1 Å². The number of rotatable bonds is 3. The maximum Gasteiger partial charge on any atom is 0.243 e. The Morgan fingerprint density at radius 3 is 2.37 bits per heavy atom. The third-order valence-electron chi connectivity index (χ3n) is 4.77. The van der Waals surface area contributed by atoms with Crippen LogP contribution in [0.3, 0.4) is 0 Å². The zero-order valence-corrected chi connectivity index (χ0v) is 15.7. The van der Waals surface area contributed by atoms with Crippen LogP contribution in [-0.2, 0) is 10.0 Å². The Bertz CT molecular complexity index is 1080. The molecule has 0 atom stereocenters. The minimum atomic E-state index is -3.52. The molecular weight excluding hydrogens is 367 g/mol. The second-order valence-electron chi connectivity index (χ2n) is 6.56. The molecule has 1 fully saturated rings. The summed E-state index contributed by atoms with van der Waals surface area (Å²) in [6.07, 6.45) is 1.45. The smallest absolute Gasteiger partial charge is 0.243 e. The van der Waals surface area contributed by atoms with Gasteiger partial charge in [0.25, 0.3) is 0 Å². The molecule has 0 saturated carbocycles. The molecule has 0 amide bonds. The molecule has 2 heterocycles. The Hall–Kier alpha value is -2.58. The SMILES string of the molecule is Cc1ccc(S(=O)(=O)N2CCN(c3ncnc4ccc(F)cc34)CC2)cc1. The molecule has 140 valence electrons. The van der Waals surface area contributed by atoms with E-state index in [1.54, 1.807) is 30.3 Å². The third-order valence-corrected chi connectivity index (χ3v) is 6.69. The first kappa shape index (κ1) is 17.8. The van der Waals surface area contributed by atoms with Crippen LogP contribution in [0.4, 0.5) is 10.2 Å². The van der Waals surface area contributed by atoms with Crippen LogP contribution in [0, 0.1) is 12.7 Å². The first-order chi connectivity index (χ1) is 12.9. The van der Waals surface area contributed by atoms with Crippen molar-refractivity contribution in [3.8, 4) is 0 Å². The lowest BCUT2D eigenvalue weighted by Gasteiger charge is -2.35. The largest absolute Gasteiger partial charge is 0.353 e. The fourth-order valence-corrected chi connectivity index (χ4v) is 4.69. The predicted octanol–water partition coefficient (Wildman–Crippen LogP) is 2.59. The number of hydrogen-bond acceptors (Lipinski definition) is 5. The number of sulfonamides is 1. The van der Waals surface area contributed by atoms with E-state index in [1.165, 1.54) is 22.8 Å². The number of piperazine rings is 1. The second-order valence-corrected chi connectivity index (χ2v) is 8.50. The Balaban J connectivity index is 1.56. The third kappa shape index (κ3) is 3.38. The van der Waals surface area contributed by atoms with Crippen LogP contribution in [0.25, 0.3) is 10.9 Å². The molecule has 6 nitrogen and oxygen atoms in total. The molecule has 1 aliphatic heterocycles. The Morgan fingerprint density at radius 2 is 1.67 bits per heavy atom. The molecule has 1 aliphatic rings. The molecule has 27 heavy (non-hydrogen) atoms. The highest BCUT2D eigenvalue weighted by molar-refractivity contribution is 7.89. The highest BCUT2D eigenvalue weighted by Gasteiger charge is 2.29. The molecule has 0 N–H and O–H groups in total. The average Bonchev–Trinajstić information content (AvgIpc) is 2.68. The standard InChI is InChI=1S/C19H19FN4O2S/c1-14-2-5-16(6-3-14)27(25,26)24-10-8-23(9-11-24)19-17-12-15(20)4-7-18(17)21-13-22-19/h2-7,12-13H,8-11H2,1H3. The molecule has 8 heteroatoms. The lowest BCUT2D eigenvalue weighted by Crippen LogP contribution is -2.49. The van der Waals surface area contributed by atoms with Crippen molar-refractivity contribution >= 4 is 26.7 Å². The van der Waals surface area contributed by atoms with Gasteiger partial charge in [0.15, 0.2) is 0 Å². The van der Waals surface area contributed by atoms with Gasteiger partial charge in [-0.15, -0.1) is 0 Å². The minimum absolute atomic E-state index is 0.302. The van der Waals surface area contributed by atoms with Gasteiger partial charge in [0.05, 0.1) is 10.4 Å². The molecule has 0 bridgehead atoms. The van der Waals surface area contributed by atoms with Gasteiger partial charge >= 0.3 is 0 Å². The van der Waals surface area contributed by atoms with Crippen molar-refractivity contribution < 1.29 is 12.8 Å². The lowest BCUT2D eigenvalue weighted by molar-refractivity contribution is 0.384. The first-order valence-electron chi connectivity index (χ1n) is 8.67. The highest BCUT2D eigenvalue weighted by atomic mass is 32.2. The van der Waals surface area contributed by atoms with Crippen molar-refractivity contribution in [1.29, 1.82) is 0 Å². The van der Waals surface area contributed by atoms with Gasteiger partial charge in [0.2, 0.25) is 10.0 Å². The normalized spacial score (nSPS) is 16.0. The summed E-state index contributed by atoms with van der Waals surface area (Å²) in [7, 11) is -3.52. The number of halogens is 1.